The predicted molar refractivity (Wildman–Crippen MR) is 63.1 cm³/mol. The Hall–Kier alpha value is -1.99. The molecule has 0 aliphatic heterocycles. The summed E-state index contributed by atoms with van der Waals surface area (Å²) in [4.78, 5) is 3.77. The summed E-state index contributed by atoms with van der Waals surface area (Å²) in [5, 5.41) is 8.33. The lowest BCUT2D eigenvalue weighted by molar-refractivity contribution is -0.254. The summed E-state index contributed by atoms with van der Waals surface area (Å²) in [6, 6.07) is 7.53. The molecule has 2 rings (SSSR count). The lowest BCUT2D eigenvalue weighted by Crippen LogP contribution is -2.06. The fourth-order valence-corrected chi connectivity index (χ4v) is 1.74. The smallest absolute Gasteiger partial charge is 0.449 e. The van der Waals surface area contributed by atoms with Crippen molar-refractivity contribution in [1.29, 1.82) is 0 Å². The summed E-state index contributed by atoms with van der Waals surface area (Å²) in [7, 11) is 1.49. The minimum Gasteiger partial charge on any atom is -0.497 e. The summed E-state index contributed by atoms with van der Waals surface area (Å²) in [5.74, 6) is -0.570. The summed E-state index contributed by atoms with van der Waals surface area (Å²) >= 11 is 0. The molecule has 1 aromatic carbocycles. The Morgan fingerprint density at radius 1 is 1.20 bits per heavy atom. The third-order valence-electron chi connectivity index (χ3n) is 2.66. The van der Waals surface area contributed by atoms with Crippen molar-refractivity contribution in [3.63, 3.8) is 0 Å². The molecule has 0 bridgehead atoms. The van der Waals surface area contributed by atoms with E-state index in [0.717, 1.165) is 0 Å². The van der Waals surface area contributed by atoms with Crippen molar-refractivity contribution < 1.29 is 32.5 Å². The molecule has 20 heavy (non-hydrogen) atoms. The van der Waals surface area contributed by atoms with Crippen molar-refractivity contribution in [3.8, 4) is 17.1 Å². The van der Waals surface area contributed by atoms with E-state index >= 15 is 0 Å². The number of methoxy groups -OCH3 is 1. The van der Waals surface area contributed by atoms with Gasteiger partial charge in [0.25, 0.3) is 0 Å². The maximum atomic E-state index is 12.8. The molecule has 0 fully saturated rings. The van der Waals surface area contributed by atoms with E-state index in [9.17, 15) is 13.2 Å². The van der Waals surface area contributed by atoms with E-state index in [2.05, 4.69) is 4.89 Å². The van der Waals surface area contributed by atoms with Crippen molar-refractivity contribution in [1.82, 2.24) is 0 Å². The topological polar surface area (TPSA) is 51.8 Å². The Labute approximate surface area is 112 Å². The first-order chi connectivity index (χ1) is 9.45. The zero-order valence-electron chi connectivity index (χ0n) is 10.4. The molecular weight excluding hydrogens is 277 g/mol. The first kappa shape index (κ1) is 14.4. The second-order valence-electron chi connectivity index (χ2n) is 3.96. The van der Waals surface area contributed by atoms with Gasteiger partial charge in [0, 0.05) is 11.1 Å². The predicted octanol–water partition coefficient (Wildman–Crippen LogP) is 3.96. The van der Waals surface area contributed by atoms with E-state index in [1.165, 1.54) is 13.2 Å². The van der Waals surface area contributed by atoms with E-state index < -0.39 is 18.5 Å². The third-order valence-corrected chi connectivity index (χ3v) is 2.66. The van der Waals surface area contributed by atoms with Crippen molar-refractivity contribution in [2.45, 2.75) is 12.8 Å². The monoisotopic (exact) mass is 288 g/mol. The SMILES string of the molecule is COc1ccc(-c2cc(COO)c(C(F)(F)F)o2)cc1. The Morgan fingerprint density at radius 3 is 2.35 bits per heavy atom. The zero-order chi connectivity index (χ0) is 14.8. The van der Waals surface area contributed by atoms with Crippen molar-refractivity contribution in [2.24, 2.45) is 0 Å². The van der Waals surface area contributed by atoms with Gasteiger partial charge in [-0.1, -0.05) is 0 Å². The van der Waals surface area contributed by atoms with Gasteiger partial charge in [-0.2, -0.15) is 13.2 Å². The number of rotatable bonds is 4. The van der Waals surface area contributed by atoms with Gasteiger partial charge in [0.15, 0.2) is 0 Å². The minimum absolute atomic E-state index is 0.0343. The van der Waals surface area contributed by atoms with E-state index in [4.69, 9.17) is 14.4 Å². The largest absolute Gasteiger partial charge is 0.497 e. The van der Waals surface area contributed by atoms with E-state index in [1.54, 1.807) is 24.3 Å². The molecule has 7 heteroatoms. The third kappa shape index (κ3) is 2.94. The van der Waals surface area contributed by atoms with Crippen LogP contribution in [0.2, 0.25) is 0 Å². The highest BCUT2D eigenvalue weighted by Gasteiger charge is 2.38. The van der Waals surface area contributed by atoms with Gasteiger partial charge in [0.05, 0.1) is 7.11 Å². The van der Waals surface area contributed by atoms with Crippen LogP contribution in [-0.4, -0.2) is 12.4 Å². The first-order valence-electron chi connectivity index (χ1n) is 5.56. The number of furan rings is 1. The van der Waals surface area contributed by atoms with Crippen LogP contribution in [-0.2, 0) is 17.7 Å². The zero-order valence-corrected chi connectivity index (χ0v) is 10.4. The quantitative estimate of drug-likeness (QED) is 0.683. The number of hydrogen-bond acceptors (Lipinski definition) is 4. The fraction of sp³-hybridized carbons (Fsp3) is 0.231. The summed E-state index contributed by atoms with van der Waals surface area (Å²) < 4.78 is 48.1. The molecule has 1 heterocycles. The molecule has 0 aliphatic rings. The lowest BCUT2D eigenvalue weighted by atomic mass is 10.1. The highest BCUT2D eigenvalue weighted by molar-refractivity contribution is 5.60. The van der Waals surface area contributed by atoms with Crippen LogP contribution < -0.4 is 4.74 Å². The molecule has 0 aliphatic carbocycles. The lowest BCUT2D eigenvalue weighted by Gasteiger charge is -2.04. The molecule has 2 aromatic rings. The minimum atomic E-state index is -4.65. The normalized spacial score (nSPS) is 11.7. The van der Waals surface area contributed by atoms with Crippen LogP contribution in [0.4, 0.5) is 13.2 Å². The Morgan fingerprint density at radius 2 is 1.85 bits per heavy atom. The van der Waals surface area contributed by atoms with Gasteiger partial charge in [0.1, 0.15) is 18.1 Å². The molecule has 0 unspecified atom stereocenters. The average Bonchev–Trinajstić information content (AvgIpc) is 2.83. The average molecular weight is 288 g/mol. The highest BCUT2D eigenvalue weighted by atomic mass is 19.4. The Bertz CT molecular complexity index is 572. The van der Waals surface area contributed by atoms with Crippen LogP contribution in [0.3, 0.4) is 0 Å². The number of alkyl halides is 3. The maximum absolute atomic E-state index is 12.8. The van der Waals surface area contributed by atoms with Crippen LogP contribution in [0.15, 0.2) is 34.7 Å². The van der Waals surface area contributed by atoms with E-state index in [-0.39, 0.29) is 11.3 Å². The molecule has 1 aromatic heterocycles. The van der Waals surface area contributed by atoms with E-state index in [1.807, 2.05) is 0 Å². The number of hydrogen-bond donors (Lipinski definition) is 1. The second-order valence-corrected chi connectivity index (χ2v) is 3.96. The van der Waals surface area contributed by atoms with Gasteiger partial charge in [-0.15, -0.1) is 0 Å². The molecule has 0 spiro atoms. The molecule has 0 amide bonds. The second kappa shape index (κ2) is 5.56. The van der Waals surface area contributed by atoms with Crippen LogP contribution in [0, 0.1) is 0 Å². The van der Waals surface area contributed by atoms with Crippen molar-refractivity contribution >= 4 is 0 Å². The molecular formula is C13H11F3O4. The first-order valence-corrected chi connectivity index (χ1v) is 5.56. The number of ether oxygens (including phenoxy) is 1. The summed E-state index contributed by atoms with van der Waals surface area (Å²) in [6.07, 6.45) is -4.65. The van der Waals surface area contributed by atoms with Crippen molar-refractivity contribution in [3.05, 3.63) is 41.7 Å². The summed E-state index contributed by atoms with van der Waals surface area (Å²) in [5.41, 5.74) is 0.186. The van der Waals surface area contributed by atoms with Crippen LogP contribution >= 0.6 is 0 Å². The fourth-order valence-electron chi connectivity index (χ4n) is 1.74. The van der Waals surface area contributed by atoms with Crippen molar-refractivity contribution in [2.75, 3.05) is 7.11 Å². The molecule has 0 radical (unpaired) electrons. The summed E-state index contributed by atoms with van der Waals surface area (Å²) in [6.45, 7) is -0.603. The van der Waals surface area contributed by atoms with Gasteiger partial charge >= 0.3 is 6.18 Å². The van der Waals surface area contributed by atoms with Gasteiger partial charge in [-0.3, -0.25) is 5.26 Å². The van der Waals surface area contributed by atoms with Gasteiger partial charge in [-0.05, 0) is 30.3 Å². The van der Waals surface area contributed by atoms with Crippen LogP contribution in [0.5, 0.6) is 5.75 Å². The maximum Gasteiger partial charge on any atom is 0.449 e. The molecule has 108 valence electrons. The van der Waals surface area contributed by atoms with Gasteiger partial charge < -0.3 is 9.15 Å². The molecule has 1 N–H and O–H groups in total. The van der Waals surface area contributed by atoms with Crippen LogP contribution in [0.25, 0.3) is 11.3 Å². The van der Waals surface area contributed by atoms with E-state index in [0.29, 0.717) is 11.3 Å². The Kier molecular flexibility index (Phi) is 4.01. The standard InChI is InChI=1S/C13H11F3O4/c1-18-10-4-2-8(3-5-10)11-6-9(7-19-17)12(20-11)13(14,15)16/h2-6,17H,7H2,1H3. The number of halogens is 3. The molecule has 0 saturated carbocycles. The van der Waals surface area contributed by atoms with Gasteiger partial charge in [-0.25, -0.2) is 4.89 Å². The van der Waals surface area contributed by atoms with Gasteiger partial charge in [0.2, 0.25) is 5.76 Å². The van der Waals surface area contributed by atoms with Crippen LogP contribution in [0.1, 0.15) is 11.3 Å². The Balaban J connectivity index is 2.41. The number of benzene rings is 1. The molecule has 0 atom stereocenters. The highest BCUT2D eigenvalue weighted by Crippen LogP contribution is 2.37. The molecule has 0 saturated heterocycles. The molecule has 4 nitrogen and oxygen atoms in total.